The molecule has 0 aromatic heterocycles. The SMILES string of the molecule is O=C1C=CCN2c3ccccc3C=CN12. The summed E-state index contributed by atoms with van der Waals surface area (Å²) in [6.07, 6.45) is 7.26. The highest BCUT2D eigenvalue weighted by Gasteiger charge is 2.24. The summed E-state index contributed by atoms with van der Waals surface area (Å²) in [5, 5.41) is 3.61. The summed E-state index contributed by atoms with van der Waals surface area (Å²) in [6.45, 7) is 0.743. The van der Waals surface area contributed by atoms with E-state index in [9.17, 15) is 4.79 Å². The van der Waals surface area contributed by atoms with Crippen molar-refractivity contribution >= 4 is 17.7 Å². The Morgan fingerprint density at radius 1 is 1.13 bits per heavy atom. The number of para-hydroxylation sites is 1. The first kappa shape index (κ1) is 8.29. The van der Waals surface area contributed by atoms with Crippen LogP contribution in [0, 0.1) is 0 Å². The van der Waals surface area contributed by atoms with E-state index in [1.165, 1.54) is 0 Å². The van der Waals surface area contributed by atoms with Gasteiger partial charge in [-0.2, -0.15) is 0 Å². The van der Waals surface area contributed by atoms with E-state index in [4.69, 9.17) is 0 Å². The van der Waals surface area contributed by atoms with Crippen molar-refractivity contribution in [1.29, 1.82) is 0 Å². The van der Waals surface area contributed by atoms with Gasteiger partial charge in [0, 0.05) is 17.8 Å². The van der Waals surface area contributed by atoms with Gasteiger partial charge in [-0.1, -0.05) is 24.3 Å². The average molecular weight is 198 g/mol. The highest BCUT2D eigenvalue weighted by Crippen LogP contribution is 2.29. The Morgan fingerprint density at radius 3 is 2.93 bits per heavy atom. The Labute approximate surface area is 87.9 Å². The van der Waals surface area contributed by atoms with Crippen molar-refractivity contribution in [1.82, 2.24) is 5.01 Å². The molecule has 2 aliphatic heterocycles. The number of amides is 1. The second kappa shape index (κ2) is 2.98. The largest absolute Gasteiger partial charge is 0.274 e. The van der Waals surface area contributed by atoms with E-state index >= 15 is 0 Å². The van der Waals surface area contributed by atoms with Gasteiger partial charge < -0.3 is 0 Å². The lowest BCUT2D eigenvalue weighted by Gasteiger charge is -2.38. The fraction of sp³-hybridized carbons (Fsp3) is 0.0833. The summed E-state index contributed by atoms with van der Waals surface area (Å²) >= 11 is 0. The van der Waals surface area contributed by atoms with Gasteiger partial charge in [0.2, 0.25) is 0 Å². The molecule has 2 aliphatic rings. The van der Waals surface area contributed by atoms with Gasteiger partial charge in [-0.05, 0) is 12.1 Å². The minimum Gasteiger partial charge on any atom is -0.274 e. The van der Waals surface area contributed by atoms with Crippen molar-refractivity contribution in [2.45, 2.75) is 0 Å². The first-order chi connectivity index (χ1) is 7.36. The topological polar surface area (TPSA) is 23.6 Å². The molecule has 3 nitrogen and oxygen atoms in total. The van der Waals surface area contributed by atoms with Crippen molar-refractivity contribution in [3.05, 3.63) is 48.2 Å². The highest BCUT2D eigenvalue weighted by molar-refractivity contribution is 5.93. The Hall–Kier alpha value is -2.03. The number of carbonyl (C=O) groups is 1. The molecule has 2 heterocycles. The molecule has 0 saturated heterocycles. The van der Waals surface area contributed by atoms with E-state index in [-0.39, 0.29) is 5.91 Å². The van der Waals surface area contributed by atoms with Crippen LogP contribution in [0.5, 0.6) is 0 Å². The lowest BCUT2D eigenvalue weighted by atomic mass is 10.1. The average Bonchev–Trinajstić information content (AvgIpc) is 2.29. The quantitative estimate of drug-likeness (QED) is 0.634. The van der Waals surface area contributed by atoms with Crippen LogP contribution in [-0.4, -0.2) is 17.5 Å². The Kier molecular flexibility index (Phi) is 1.65. The summed E-state index contributed by atoms with van der Waals surface area (Å²) in [5.74, 6) is 0.00648. The minimum atomic E-state index is 0.00648. The van der Waals surface area contributed by atoms with E-state index in [1.807, 2.05) is 47.6 Å². The number of rotatable bonds is 0. The molecule has 1 aromatic rings. The summed E-state index contributed by atoms with van der Waals surface area (Å²) in [5.41, 5.74) is 2.23. The van der Waals surface area contributed by atoms with Gasteiger partial charge >= 0.3 is 0 Å². The number of fused-ring (bicyclic) bond motifs is 3. The van der Waals surface area contributed by atoms with Gasteiger partial charge in [0.25, 0.3) is 5.91 Å². The van der Waals surface area contributed by atoms with Crippen molar-refractivity contribution in [3.8, 4) is 0 Å². The van der Waals surface area contributed by atoms with Crippen LogP contribution in [0.15, 0.2) is 42.6 Å². The number of nitrogens with zero attached hydrogens (tertiary/aromatic N) is 2. The first-order valence-corrected chi connectivity index (χ1v) is 4.91. The number of carbonyl (C=O) groups excluding carboxylic acids is 1. The van der Waals surface area contributed by atoms with Crippen LogP contribution in [0.4, 0.5) is 5.69 Å². The minimum absolute atomic E-state index is 0.00648. The normalized spacial score (nSPS) is 17.7. The van der Waals surface area contributed by atoms with Crippen LogP contribution < -0.4 is 5.01 Å². The van der Waals surface area contributed by atoms with Gasteiger partial charge in [0.1, 0.15) is 0 Å². The number of anilines is 1. The molecule has 74 valence electrons. The first-order valence-electron chi connectivity index (χ1n) is 4.91. The smallest absolute Gasteiger partial charge is 0.269 e. The van der Waals surface area contributed by atoms with Crippen molar-refractivity contribution in [2.75, 3.05) is 11.6 Å². The number of hydrogen-bond acceptors (Lipinski definition) is 2. The second-order valence-corrected chi connectivity index (χ2v) is 3.54. The monoisotopic (exact) mass is 198 g/mol. The molecule has 0 bridgehead atoms. The fourth-order valence-electron chi connectivity index (χ4n) is 1.92. The maximum Gasteiger partial charge on any atom is 0.269 e. The molecule has 0 aliphatic carbocycles. The molecule has 15 heavy (non-hydrogen) atoms. The summed E-state index contributed by atoms with van der Waals surface area (Å²) < 4.78 is 0. The van der Waals surface area contributed by atoms with Crippen LogP contribution in [0.25, 0.3) is 6.08 Å². The second-order valence-electron chi connectivity index (χ2n) is 3.54. The zero-order chi connectivity index (χ0) is 10.3. The van der Waals surface area contributed by atoms with E-state index in [2.05, 4.69) is 0 Å². The van der Waals surface area contributed by atoms with Crippen LogP contribution >= 0.6 is 0 Å². The zero-order valence-electron chi connectivity index (χ0n) is 8.13. The third-order valence-electron chi connectivity index (χ3n) is 2.63. The lowest BCUT2D eigenvalue weighted by Crippen LogP contribution is -2.46. The number of hydrazine groups is 1. The van der Waals surface area contributed by atoms with Crippen LogP contribution in [0.1, 0.15) is 5.56 Å². The molecule has 1 aromatic carbocycles. The standard InChI is InChI=1S/C12H10N2O/c15-12-6-3-8-13-11-5-2-1-4-10(11)7-9-14(12)13/h1-7,9H,8H2. The van der Waals surface area contributed by atoms with Gasteiger partial charge in [-0.25, -0.2) is 5.01 Å². The van der Waals surface area contributed by atoms with E-state index < -0.39 is 0 Å². The number of benzene rings is 1. The predicted octanol–water partition coefficient (Wildman–Crippen LogP) is 1.79. The third-order valence-corrected chi connectivity index (χ3v) is 2.63. The van der Waals surface area contributed by atoms with Crippen LogP contribution in [-0.2, 0) is 4.79 Å². The Morgan fingerprint density at radius 2 is 2.00 bits per heavy atom. The molecule has 0 N–H and O–H groups in total. The van der Waals surface area contributed by atoms with E-state index in [0.29, 0.717) is 0 Å². The summed E-state index contributed by atoms with van der Waals surface area (Å²) in [4.78, 5) is 11.6. The molecule has 3 heteroatoms. The van der Waals surface area contributed by atoms with Gasteiger partial charge in [-0.3, -0.25) is 9.80 Å². The van der Waals surface area contributed by atoms with E-state index in [0.717, 1.165) is 17.8 Å². The maximum absolute atomic E-state index is 11.6. The molecule has 3 rings (SSSR count). The predicted molar refractivity (Wildman–Crippen MR) is 58.8 cm³/mol. The lowest BCUT2D eigenvalue weighted by molar-refractivity contribution is -0.124. The Bertz CT molecular complexity index is 476. The zero-order valence-corrected chi connectivity index (χ0v) is 8.13. The van der Waals surface area contributed by atoms with Crippen LogP contribution in [0.2, 0.25) is 0 Å². The van der Waals surface area contributed by atoms with Crippen molar-refractivity contribution in [3.63, 3.8) is 0 Å². The summed E-state index contributed by atoms with van der Waals surface area (Å²) in [7, 11) is 0. The van der Waals surface area contributed by atoms with Crippen molar-refractivity contribution in [2.24, 2.45) is 0 Å². The maximum atomic E-state index is 11.6. The molecule has 0 fully saturated rings. The van der Waals surface area contributed by atoms with E-state index in [1.54, 1.807) is 11.1 Å². The van der Waals surface area contributed by atoms with Crippen LogP contribution in [0.3, 0.4) is 0 Å². The molecule has 0 spiro atoms. The van der Waals surface area contributed by atoms with Gasteiger partial charge in [0.15, 0.2) is 0 Å². The molecule has 0 radical (unpaired) electrons. The molecule has 0 unspecified atom stereocenters. The fourth-order valence-corrected chi connectivity index (χ4v) is 1.92. The highest BCUT2D eigenvalue weighted by atomic mass is 16.2. The molecular weight excluding hydrogens is 188 g/mol. The van der Waals surface area contributed by atoms with Crippen molar-refractivity contribution < 1.29 is 4.79 Å². The molecule has 1 amide bonds. The molecular formula is C12H10N2O. The molecule has 0 saturated carbocycles. The summed E-state index contributed by atoms with van der Waals surface area (Å²) in [6, 6.07) is 8.06. The third kappa shape index (κ3) is 1.16. The van der Waals surface area contributed by atoms with Gasteiger partial charge in [-0.15, -0.1) is 0 Å². The van der Waals surface area contributed by atoms with Gasteiger partial charge in [0.05, 0.1) is 12.2 Å². The Balaban J connectivity index is 2.13. The number of hydrogen-bond donors (Lipinski definition) is 0. The molecule has 0 atom stereocenters.